The number of aryl methyl sites for hydroxylation is 1. The number of nitrogens with one attached hydrogen (secondary N) is 1. The number of para-hydroxylation sites is 1. The van der Waals surface area contributed by atoms with Crippen LogP contribution in [0.15, 0.2) is 36.5 Å². The van der Waals surface area contributed by atoms with E-state index in [1.54, 1.807) is 12.3 Å². The van der Waals surface area contributed by atoms with Crippen LogP contribution in [0.1, 0.15) is 5.69 Å². The minimum Gasteiger partial charge on any atom is -0.397 e. The molecule has 3 rings (SSSR count). The first-order valence-electron chi connectivity index (χ1n) is 5.66. The van der Waals surface area contributed by atoms with Crippen molar-refractivity contribution < 1.29 is 4.39 Å². The van der Waals surface area contributed by atoms with Gasteiger partial charge in [-0.15, -0.1) is 0 Å². The molecule has 0 spiro atoms. The molecule has 1 aromatic carbocycles. The molecule has 2 heterocycles. The Morgan fingerprint density at radius 1 is 1.22 bits per heavy atom. The Morgan fingerprint density at radius 2 is 2.06 bits per heavy atom. The van der Waals surface area contributed by atoms with Gasteiger partial charge in [0.25, 0.3) is 0 Å². The minimum absolute atomic E-state index is 0.258. The average molecular weight is 241 g/mol. The zero-order valence-electron chi connectivity index (χ0n) is 9.87. The Hall–Kier alpha value is -2.36. The highest BCUT2D eigenvalue weighted by Crippen LogP contribution is 2.29. The molecular formula is C14H12FN3. The number of H-pyrrole nitrogens is 1. The molecule has 4 heteroatoms. The number of hydrogen-bond acceptors (Lipinski definition) is 2. The molecule has 0 bridgehead atoms. The molecule has 2 aromatic heterocycles. The van der Waals surface area contributed by atoms with Gasteiger partial charge in [0.1, 0.15) is 5.82 Å². The van der Waals surface area contributed by atoms with Gasteiger partial charge >= 0.3 is 0 Å². The lowest BCUT2D eigenvalue weighted by atomic mass is 10.1. The van der Waals surface area contributed by atoms with E-state index >= 15 is 0 Å². The molecule has 0 saturated carbocycles. The topological polar surface area (TPSA) is 54.7 Å². The van der Waals surface area contributed by atoms with E-state index < -0.39 is 0 Å². The van der Waals surface area contributed by atoms with Gasteiger partial charge < -0.3 is 10.7 Å². The number of hydrogen-bond donors (Lipinski definition) is 2. The van der Waals surface area contributed by atoms with Crippen molar-refractivity contribution in [3.63, 3.8) is 0 Å². The van der Waals surface area contributed by atoms with Crippen molar-refractivity contribution in [2.24, 2.45) is 0 Å². The second kappa shape index (κ2) is 3.84. The first-order valence-corrected chi connectivity index (χ1v) is 5.66. The Morgan fingerprint density at radius 3 is 2.83 bits per heavy atom. The number of benzene rings is 1. The van der Waals surface area contributed by atoms with E-state index in [4.69, 9.17) is 5.73 Å². The minimum atomic E-state index is -0.258. The molecule has 3 nitrogen and oxygen atoms in total. The Kier molecular flexibility index (Phi) is 2.30. The van der Waals surface area contributed by atoms with Crippen LogP contribution in [0.3, 0.4) is 0 Å². The molecule has 18 heavy (non-hydrogen) atoms. The van der Waals surface area contributed by atoms with Gasteiger partial charge in [0, 0.05) is 17.1 Å². The first-order chi connectivity index (χ1) is 8.66. The van der Waals surface area contributed by atoms with Crippen molar-refractivity contribution in [2.75, 3.05) is 5.73 Å². The highest BCUT2D eigenvalue weighted by atomic mass is 19.1. The van der Waals surface area contributed by atoms with Crippen molar-refractivity contribution in [3.8, 4) is 11.3 Å². The van der Waals surface area contributed by atoms with Gasteiger partial charge in [0.05, 0.1) is 22.6 Å². The van der Waals surface area contributed by atoms with Gasteiger partial charge in [-0.1, -0.05) is 12.1 Å². The van der Waals surface area contributed by atoms with E-state index in [0.717, 1.165) is 22.3 Å². The van der Waals surface area contributed by atoms with Gasteiger partial charge in [0.15, 0.2) is 0 Å². The third kappa shape index (κ3) is 1.54. The normalized spacial score (nSPS) is 11.0. The molecule has 3 aromatic rings. The van der Waals surface area contributed by atoms with Crippen LogP contribution in [0.2, 0.25) is 0 Å². The summed E-state index contributed by atoms with van der Waals surface area (Å²) in [5, 5.41) is 0.826. The predicted octanol–water partition coefficient (Wildman–Crippen LogP) is 3.26. The number of nitrogens with zero attached hydrogens (tertiary/aromatic N) is 1. The van der Waals surface area contributed by atoms with E-state index in [2.05, 4.69) is 9.97 Å². The van der Waals surface area contributed by atoms with E-state index in [1.165, 1.54) is 6.07 Å². The second-order valence-corrected chi connectivity index (χ2v) is 4.24. The number of aromatic amines is 1. The molecule has 0 saturated heterocycles. The van der Waals surface area contributed by atoms with Crippen LogP contribution in [0.5, 0.6) is 0 Å². The maximum absolute atomic E-state index is 13.6. The number of pyridine rings is 1. The largest absolute Gasteiger partial charge is 0.397 e. The maximum atomic E-state index is 13.6. The Balaban J connectivity index is 2.25. The van der Waals surface area contributed by atoms with Gasteiger partial charge in [-0.05, 0) is 25.1 Å². The molecule has 0 radical (unpaired) electrons. The van der Waals surface area contributed by atoms with Crippen molar-refractivity contribution >= 4 is 16.6 Å². The van der Waals surface area contributed by atoms with Gasteiger partial charge in [0.2, 0.25) is 0 Å². The molecule has 90 valence electrons. The highest BCUT2D eigenvalue weighted by Gasteiger charge is 2.10. The van der Waals surface area contributed by atoms with E-state index in [1.807, 2.05) is 25.1 Å². The molecule has 0 aliphatic rings. The van der Waals surface area contributed by atoms with Crippen molar-refractivity contribution in [1.29, 1.82) is 0 Å². The number of rotatable bonds is 1. The lowest BCUT2D eigenvalue weighted by Crippen LogP contribution is -1.93. The Labute approximate surface area is 103 Å². The molecule has 0 amide bonds. The molecule has 0 fully saturated rings. The molecule has 0 atom stereocenters. The van der Waals surface area contributed by atoms with Crippen LogP contribution >= 0.6 is 0 Å². The van der Waals surface area contributed by atoms with E-state index in [-0.39, 0.29) is 5.82 Å². The lowest BCUT2D eigenvalue weighted by molar-refractivity contribution is 0.637. The van der Waals surface area contributed by atoms with Crippen LogP contribution in [0.4, 0.5) is 10.1 Å². The molecule has 0 unspecified atom stereocenters. The first kappa shape index (κ1) is 10.8. The predicted molar refractivity (Wildman–Crippen MR) is 70.6 cm³/mol. The van der Waals surface area contributed by atoms with Gasteiger partial charge in [-0.2, -0.15) is 0 Å². The summed E-state index contributed by atoms with van der Waals surface area (Å²) in [5.74, 6) is -0.258. The number of aromatic nitrogens is 2. The monoisotopic (exact) mass is 241 g/mol. The van der Waals surface area contributed by atoms with E-state index in [9.17, 15) is 4.39 Å². The van der Waals surface area contributed by atoms with Crippen LogP contribution in [-0.4, -0.2) is 9.97 Å². The smallest absolute Gasteiger partial charge is 0.147 e. The average Bonchev–Trinajstić information content (AvgIpc) is 2.78. The lowest BCUT2D eigenvalue weighted by Gasteiger charge is -2.03. The summed E-state index contributed by atoms with van der Waals surface area (Å²) in [6.45, 7) is 1.86. The second-order valence-electron chi connectivity index (χ2n) is 4.24. The number of fused-ring (bicyclic) bond motifs is 1. The number of nitrogen functional groups attached to an aromatic ring is 1. The van der Waals surface area contributed by atoms with Crippen molar-refractivity contribution in [1.82, 2.24) is 9.97 Å². The number of halogens is 1. The standard InChI is InChI=1S/C14H12FN3/c1-8-12(16)5-6-13(18-8)10-7-17-14-9(10)3-2-4-11(14)15/h2-7,17H,16H2,1H3. The molecular weight excluding hydrogens is 229 g/mol. The molecule has 0 aliphatic heterocycles. The fraction of sp³-hybridized carbons (Fsp3) is 0.0714. The SMILES string of the molecule is Cc1nc(-c2c[nH]c3c(F)cccc23)ccc1N. The summed E-state index contributed by atoms with van der Waals surface area (Å²) < 4.78 is 13.6. The van der Waals surface area contributed by atoms with Crippen LogP contribution in [0.25, 0.3) is 22.2 Å². The fourth-order valence-electron chi connectivity index (χ4n) is 2.05. The number of nitrogens with two attached hydrogens (primary N) is 1. The van der Waals surface area contributed by atoms with Crippen molar-refractivity contribution in [2.45, 2.75) is 6.92 Å². The molecule has 3 N–H and O–H groups in total. The Bertz CT molecular complexity index is 731. The summed E-state index contributed by atoms with van der Waals surface area (Å²) >= 11 is 0. The fourth-order valence-corrected chi connectivity index (χ4v) is 2.05. The van der Waals surface area contributed by atoms with Crippen LogP contribution < -0.4 is 5.73 Å². The van der Waals surface area contributed by atoms with Crippen LogP contribution in [0, 0.1) is 12.7 Å². The van der Waals surface area contributed by atoms with Crippen LogP contribution in [-0.2, 0) is 0 Å². The summed E-state index contributed by atoms with van der Waals surface area (Å²) in [5.41, 5.74) is 9.36. The highest BCUT2D eigenvalue weighted by molar-refractivity contribution is 5.94. The summed E-state index contributed by atoms with van der Waals surface area (Å²) in [4.78, 5) is 7.37. The maximum Gasteiger partial charge on any atom is 0.147 e. The van der Waals surface area contributed by atoms with E-state index in [0.29, 0.717) is 11.2 Å². The van der Waals surface area contributed by atoms with Gasteiger partial charge in [-0.25, -0.2) is 4.39 Å². The third-order valence-electron chi connectivity index (χ3n) is 3.07. The number of anilines is 1. The zero-order valence-corrected chi connectivity index (χ0v) is 9.87. The third-order valence-corrected chi connectivity index (χ3v) is 3.07. The summed E-state index contributed by atoms with van der Waals surface area (Å²) in [6.07, 6.45) is 1.77. The summed E-state index contributed by atoms with van der Waals surface area (Å²) in [6, 6.07) is 8.66. The zero-order chi connectivity index (χ0) is 12.7. The quantitative estimate of drug-likeness (QED) is 0.687. The molecule has 0 aliphatic carbocycles. The summed E-state index contributed by atoms with van der Waals surface area (Å²) in [7, 11) is 0. The van der Waals surface area contributed by atoms with Crippen molar-refractivity contribution in [3.05, 3.63) is 48.0 Å². The van der Waals surface area contributed by atoms with Gasteiger partial charge in [-0.3, -0.25) is 4.98 Å².